The average Bonchev–Trinajstić information content (AvgIpc) is 2.55. The maximum atomic E-state index is 9.64. The summed E-state index contributed by atoms with van der Waals surface area (Å²) in [6.45, 7) is 4.14. The van der Waals surface area contributed by atoms with Gasteiger partial charge in [0.2, 0.25) is 0 Å². The number of ether oxygens (including phenoxy) is 2. The van der Waals surface area contributed by atoms with Gasteiger partial charge in [0.05, 0.1) is 26.2 Å². The summed E-state index contributed by atoms with van der Waals surface area (Å²) in [7, 11) is 3.25. The lowest BCUT2D eigenvalue weighted by Crippen LogP contribution is -2.05. The summed E-state index contributed by atoms with van der Waals surface area (Å²) in [6.07, 6.45) is 0.660. The fourth-order valence-electron chi connectivity index (χ4n) is 2.58. The van der Waals surface area contributed by atoms with Crippen LogP contribution in [0, 0.1) is 25.2 Å². The van der Waals surface area contributed by atoms with Crippen LogP contribution in [-0.4, -0.2) is 14.2 Å². The van der Waals surface area contributed by atoms with E-state index in [4.69, 9.17) is 9.47 Å². The molecule has 3 heteroatoms. The smallest absolute Gasteiger partial charge is 0.123 e. The molecule has 114 valence electrons. The van der Waals surface area contributed by atoms with E-state index in [0.717, 1.165) is 17.1 Å². The number of hydrogen-bond donors (Lipinski definition) is 0. The van der Waals surface area contributed by atoms with E-state index in [1.165, 1.54) is 16.7 Å². The van der Waals surface area contributed by atoms with E-state index in [1.54, 1.807) is 14.2 Å². The zero-order valence-electron chi connectivity index (χ0n) is 13.5. The van der Waals surface area contributed by atoms with Crippen LogP contribution < -0.4 is 9.47 Å². The molecule has 0 radical (unpaired) electrons. The van der Waals surface area contributed by atoms with Crippen molar-refractivity contribution < 1.29 is 9.47 Å². The Balaban J connectivity index is 2.40. The Morgan fingerprint density at radius 2 is 1.82 bits per heavy atom. The molecule has 0 spiro atoms. The Morgan fingerprint density at radius 1 is 1.05 bits per heavy atom. The Bertz CT molecular complexity index is 701. The van der Waals surface area contributed by atoms with Crippen molar-refractivity contribution in [1.29, 1.82) is 5.26 Å². The molecule has 2 aromatic rings. The highest BCUT2D eigenvalue weighted by molar-refractivity contribution is 5.46. The van der Waals surface area contributed by atoms with Crippen molar-refractivity contribution in [2.75, 3.05) is 14.2 Å². The lowest BCUT2D eigenvalue weighted by atomic mass is 9.90. The highest BCUT2D eigenvalue weighted by Gasteiger charge is 2.18. The van der Waals surface area contributed by atoms with Gasteiger partial charge in [-0.1, -0.05) is 23.8 Å². The van der Waals surface area contributed by atoms with Crippen molar-refractivity contribution in [2.45, 2.75) is 26.2 Å². The third-order valence-corrected chi connectivity index (χ3v) is 3.90. The van der Waals surface area contributed by atoms with Crippen LogP contribution in [0.3, 0.4) is 0 Å². The van der Waals surface area contributed by atoms with Gasteiger partial charge in [-0.2, -0.15) is 5.26 Å². The Kier molecular flexibility index (Phi) is 5.06. The first-order valence-corrected chi connectivity index (χ1v) is 7.26. The number of aryl methyl sites for hydroxylation is 2. The zero-order valence-corrected chi connectivity index (χ0v) is 13.5. The van der Waals surface area contributed by atoms with E-state index < -0.39 is 0 Å². The molecule has 0 aromatic heterocycles. The maximum Gasteiger partial charge on any atom is 0.123 e. The third-order valence-electron chi connectivity index (χ3n) is 3.90. The van der Waals surface area contributed by atoms with Gasteiger partial charge in [0.1, 0.15) is 11.5 Å². The molecule has 22 heavy (non-hydrogen) atoms. The molecular weight excluding hydrogens is 274 g/mol. The van der Waals surface area contributed by atoms with Crippen molar-refractivity contribution in [3.63, 3.8) is 0 Å². The summed E-state index contributed by atoms with van der Waals surface area (Å²) >= 11 is 0. The molecule has 0 aliphatic carbocycles. The molecule has 0 aliphatic heterocycles. The first-order valence-electron chi connectivity index (χ1n) is 7.26. The van der Waals surface area contributed by atoms with Gasteiger partial charge < -0.3 is 9.47 Å². The molecule has 2 rings (SSSR count). The molecule has 0 bridgehead atoms. The van der Waals surface area contributed by atoms with E-state index in [-0.39, 0.29) is 5.92 Å². The molecule has 0 amide bonds. The van der Waals surface area contributed by atoms with Crippen molar-refractivity contribution in [3.8, 4) is 17.6 Å². The molecule has 0 heterocycles. The average molecular weight is 295 g/mol. The van der Waals surface area contributed by atoms with E-state index in [2.05, 4.69) is 38.1 Å². The molecule has 0 aliphatic rings. The van der Waals surface area contributed by atoms with Crippen LogP contribution in [0.4, 0.5) is 0 Å². The van der Waals surface area contributed by atoms with Gasteiger partial charge in [0, 0.05) is 5.56 Å². The van der Waals surface area contributed by atoms with E-state index >= 15 is 0 Å². The molecular formula is C19H21NO2. The SMILES string of the molecule is COc1ccc(OC)c(C(C#N)Cc2cc(C)ccc2C)c1. The Hall–Kier alpha value is -2.47. The van der Waals surface area contributed by atoms with Gasteiger partial charge in [-0.3, -0.25) is 0 Å². The fourth-order valence-corrected chi connectivity index (χ4v) is 2.58. The van der Waals surface area contributed by atoms with Crippen LogP contribution in [0.2, 0.25) is 0 Å². The fraction of sp³-hybridized carbons (Fsp3) is 0.316. The third kappa shape index (κ3) is 3.40. The lowest BCUT2D eigenvalue weighted by Gasteiger charge is -2.16. The normalized spacial score (nSPS) is 11.6. The van der Waals surface area contributed by atoms with Crippen molar-refractivity contribution in [2.24, 2.45) is 0 Å². The molecule has 0 saturated carbocycles. The predicted molar refractivity (Wildman–Crippen MR) is 87.5 cm³/mol. The van der Waals surface area contributed by atoms with Crippen LogP contribution in [0.1, 0.15) is 28.2 Å². The van der Waals surface area contributed by atoms with Crippen LogP contribution in [0.15, 0.2) is 36.4 Å². The summed E-state index contributed by atoms with van der Waals surface area (Å²) < 4.78 is 10.7. The molecule has 0 fully saturated rings. The van der Waals surface area contributed by atoms with Gasteiger partial charge in [0.25, 0.3) is 0 Å². The van der Waals surface area contributed by atoms with E-state index in [1.807, 2.05) is 18.2 Å². The van der Waals surface area contributed by atoms with Crippen LogP contribution >= 0.6 is 0 Å². The van der Waals surface area contributed by atoms with Crippen molar-refractivity contribution in [3.05, 3.63) is 58.7 Å². The van der Waals surface area contributed by atoms with E-state index in [9.17, 15) is 5.26 Å². The second-order valence-corrected chi connectivity index (χ2v) is 5.42. The van der Waals surface area contributed by atoms with Crippen LogP contribution in [-0.2, 0) is 6.42 Å². The van der Waals surface area contributed by atoms with Crippen LogP contribution in [0.25, 0.3) is 0 Å². The summed E-state index contributed by atoms with van der Waals surface area (Å²) in [5, 5.41) is 9.64. The second-order valence-electron chi connectivity index (χ2n) is 5.42. The standard InChI is InChI=1S/C19H21NO2/c1-13-5-6-14(2)15(9-13)10-16(12-20)18-11-17(21-3)7-8-19(18)22-4/h5-9,11,16H,10H2,1-4H3. The number of benzene rings is 2. The number of hydrogen-bond acceptors (Lipinski definition) is 3. The number of methoxy groups -OCH3 is 2. The van der Waals surface area contributed by atoms with E-state index in [0.29, 0.717) is 6.42 Å². The molecule has 1 atom stereocenters. The number of nitriles is 1. The lowest BCUT2D eigenvalue weighted by molar-refractivity contribution is 0.397. The van der Waals surface area contributed by atoms with Crippen molar-refractivity contribution >= 4 is 0 Å². The minimum absolute atomic E-state index is 0.273. The number of rotatable bonds is 5. The molecule has 0 N–H and O–H groups in total. The Morgan fingerprint density at radius 3 is 2.45 bits per heavy atom. The predicted octanol–water partition coefficient (Wildman–Crippen LogP) is 4.17. The van der Waals surface area contributed by atoms with Crippen molar-refractivity contribution in [1.82, 2.24) is 0 Å². The van der Waals surface area contributed by atoms with Gasteiger partial charge in [-0.25, -0.2) is 0 Å². The highest BCUT2D eigenvalue weighted by atomic mass is 16.5. The largest absolute Gasteiger partial charge is 0.497 e. The summed E-state index contributed by atoms with van der Waals surface area (Å²) in [5.41, 5.74) is 4.46. The summed E-state index contributed by atoms with van der Waals surface area (Å²) in [6, 6.07) is 14.3. The minimum atomic E-state index is -0.273. The first-order chi connectivity index (χ1) is 10.6. The highest BCUT2D eigenvalue weighted by Crippen LogP contribution is 2.33. The van der Waals surface area contributed by atoms with Gasteiger partial charge in [-0.05, 0) is 49.6 Å². The van der Waals surface area contributed by atoms with Gasteiger partial charge >= 0.3 is 0 Å². The quantitative estimate of drug-likeness (QED) is 0.831. The van der Waals surface area contributed by atoms with Gasteiger partial charge in [0.15, 0.2) is 0 Å². The summed E-state index contributed by atoms with van der Waals surface area (Å²) in [4.78, 5) is 0. The molecule has 2 aromatic carbocycles. The maximum absolute atomic E-state index is 9.64. The molecule has 0 saturated heterocycles. The topological polar surface area (TPSA) is 42.2 Å². The zero-order chi connectivity index (χ0) is 16.1. The monoisotopic (exact) mass is 295 g/mol. The second kappa shape index (κ2) is 7.00. The van der Waals surface area contributed by atoms with Gasteiger partial charge in [-0.15, -0.1) is 0 Å². The first kappa shape index (κ1) is 15.9. The minimum Gasteiger partial charge on any atom is -0.497 e. The number of nitrogens with zero attached hydrogens (tertiary/aromatic N) is 1. The Labute approximate surface area is 132 Å². The molecule has 3 nitrogen and oxygen atoms in total. The molecule has 1 unspecified atom stereocenters. The summed E-state index contributed by atoms with van der Waals surface area (Å²) in [5.74, 6) is 1.18. The van der Waals surface area contributed by atoms with Crippen LogP contribution in [0.5, 0.6) is 11.5 Å².